The molecule has 3 nitrogen and oxygen atoms in total. The predicted molar refractivity (Wildman–Crippen MR) is 93.4 cm³/mol. The molecule has 0 fully saturated rings. The smallest absolute Gasteiger partial charge is 0.161 e. The van der Waals surface area contributed by atoms with E-state index in [0.717, 1.165) is 35.2 Å². The summed E-state index contributed by atoms with van der Waals surface area (Å²) in [6.45, 7) is 4.34. The maximum atomic E-state index is 5.87. The maximum Gasteiger partial charge on any atom is 0.161 e. The van der Waals surface area contributed by atoms with Gasteiger partial charge in [0.05, 0.1) is 7.11 Å². The quantitative estimate of drug-likeness (QED) is 0.806. The fourth-order valence-electron chi connectivity index (χ4n) is 1.95. The Bertz CT molecular complexity index is 573. The third-order valence-electron chi connectivity index (χ3n) is 3.11. The van der Waals surface area contributed by atoms with Crippen LogP contribution in [0.4, 0.5) is 0 Å². The fourth-order valence-corrected chi connectivity index (χ4v) is 2.08. The molecule has 0 saturated heterocycles. The lowest BCUT2D eigenvalue weighted by atomic mass is 10.2. The van der Waals surface area contributed by atoms with Gasteiger partial charge >= 0.3 is 0 Å². The van der Waals surface area contributed by atoms with E-state index in [1.165, 1.54) is 5.56 Å². The molecule has 0 spiro atoms. The van der Waals surface area contributed by atoms with Crippen LogP contribution in [0.25, 0.3) is 0 Å². The van der Waals surface area contributed by atoms with Gasteiger partial charge in [0.1, 0.15) is 6.61 Å². The van der Waals surface area contributed by atoms with Crippen molar-refractivity contribution in [2.24, 2.45) is 0 Å². The maximum absolute atomic E-state index is 5.87. The molecule has 0 amide bonds. The fraction of sp³-hybridized carbons (Fsp3) is 0.294. The van der Waals surface area contributed by atoms with E-state index in [1.54, 1.807) is 7.11 Å². The van der Waals surface area contributed by atoms with E-state index in [9.17, 15) is 0 Å². The first-order chi connectivity index (χ1) is 10.2. The van der Waals surface area contributed by atoms with Crippen molar-refractivity contribution in [1.82, 2.24) is 5.32 Å². The molecule has 2 rings (SSSR count). The molecule has 0 aliphatic heterocycles. The van der Waals surface area contributed by atoms with Gasteiger partial charge in [0.25, 0.3) is 0 Å². The molecule has 1 N–H and O–H groups in total. The lowest BCUT2D eigenvalue weighted by Crippen LogP contribution is -2.11. The Balaban J connectivity index is 0.00000242. The molecule has 22 heavy (non-hydrogen) atoms. The lowest BCUT2D eigenvalue weighted by molar-refractivity contribution is 0.284. The van der Waals surface area contributed by atoms with E-state index in [-0.39, 0.29) is 12.4 Å². The standard InChI is InChI=1S/C17H20ClNO2.ClH/c1-3-19-11-14-6-9-16(17(10-14)20-2)21-12-13-4-7-15(18)8-5-13;/h4-10,19H,3,11-12H2,1-2H3;1H. The van der Waals surface area contributed by atoms with Crippen LogP contribution in [-0.2, 0) is 13.2 Å². The summed E-state index contributed by atoms with van der Waals surface area (Å²) in [4.78, 5) is 0. The van der Waals surface area contributed by atoms with Gasteiger partial charge in [-0.25, -0.2) is 0 Å². The minimum atomic E-state index is 0. The van der Waals surface area contributed by atoms with Crippen molar-refractivity contribution in [1.29, 1.82) is 0 Å². The summed E-state index contributed by atoms with van der Waals surface area (Å²) >= 11 is 5.87. The molecule has 2 aromatic carbocycles. The van der Waals surface area contributed by atoms with Gasteiger partial charge in [-0.2, -0.15) is 0 Å². The second-order valence-electron chi connectivity index (χ2n) is 4.68. The molecular weight excluding hydrogens is 321 g/mol. The lowest BCUT2D eigenvalue weighted by Gasteiger charge is -2.12. The molecular formula is C17H21Cl2NO2. The highest BCUT2D eigenvalue weighted by Crippen LogP contribution is 2.29. The summed E-state index contributed by atoms with van der Waals surface area (Å²) in [7, 11) is 1.65. The molecule has 0 unspecified atom stereocenters. The van der Waals surface area contributed by atoms with Crippen molar-refractivity contribution in [3.8, 4) is 11.5 Å². The zero-order chi connectivity index (χ0) is 15.1. The van der Waals surface area contributed by atoms with Crippen LogP contribution >= 0.6 is 24.0 Å². The molecule has 0 atom stereocenters. The van der Waals surface area contributed by atoms with Crippen LogP contribution in [-0.4, -0.2) is 13.7 Å². The third-order valence-corrected chi connectivity index (χ3v) is 3.37. The minimum Gasteiger partial charge on any atom is -0.493 e. The van der Waals surface area contributed by atoms with Gasteiger partial charge in [-0.05, 0) is 41.9 Å². The van der Waals surface area contributed by atoms with Gasteiger partial charge in [0.15, 0.2) is 11.5 Å². The molecule has 0 aliphatic carbocycles. The zero-order valence-electron chi connectivity index (χ0n) is 12.8. The summed E-state index contributed by atoms with van der Waals surface area (Å²) in [5.74, 6) is 1.49. The summed E-state index contributed by atoms with van der Waals surface area (Å²) in [5.41, 5.74) is 2.24. The number of benzene rings is 2. The van der Waals surface area contributed by atoms with Crippen molar-refractivity contribution < 1.29 is 9.47 Å². The van der Waals surface area contributed by atoms with Crippen molar-refractivity contribution in [2.75, 3.05) is 13.7 Å². The monoisotopic (exact) mass is 341 g/mol. The SMILES string of the molecule is CCNCc1ccc(OCc2ccc(Cl)cc2)c(OC)c1.Cl. The molecule has 0 aromatic heterocycles. The van der Waals surface area contributed by atoms with Crippen LogP contribution in [0.1, 0.15) is 18.1 Å². The molecule has 0 bridgehead atoms. The third kappa shape index (κ3) is 5.41. The largest absolute Gasteiger partial charge is 0.493 e. The van der Waals surface area contributed by atoms with Gasteiger partial charge in [0, 0.05) is 11.6 Å². The van der Waals surface area contributed by atoms with Crippen LogP contribution in [0, 0.1) is 0 Å². The molecule has 5 heteroatoms. The van der Waals surface area contributed by atoms with Gasteiger partial charge < -0.3 is 14.8 Å². The Morgan fingerprint density at radius 1 is 1.00 bits per heavy atom. The summed E-state index contributed by atoms with van der Waals surface area (Å²) in [6, 6.07) is 13.6. The summed E-state index contributed by atoms with van der Waals surface area (Å²) < 4.78 is 11.2. The van der Waals surface area contributed by atoms with Crippen molar-refractivity contribution in [3.05, 3.63) is 58.6 Å². The minimum absolute atomic E-state index is 0. The van der Waals surface area contributed by atoms with E-state index in [1.807, 2.05) is 42.5 Å². The number of nitrogens with one attached hydrogen (secondary N) is 1. The Morgan fingerprint density at radius 3 is 2.32 bits per heavy atom. The Morgan fingerprint density at radius 2 is 1.68 bits per heavy atom. The first-order valence-corrected chi connectivity index (χ1v) is 7.35. The second-order valence-corrected chi connectivity index (χ2v) is 5.12. The molecule has 0 saturated carbocycles. The number of rotatable bonds is 7. The first kappa shape index (κ1) is 18.6. The summed E-state index contributed by atoms with van der Waals surface area (Å²) in [6.07, 6.45) is 0. The van der Waals surface area contributed by atoms with Gasteiger partial charge in [-0.1, -0.05) is 36.7 Å². The topological polar surface area (TPSA) is 30.5 Å². The highest BCUT2D eigenvalue weighted by Gasteiger charge is 2.06. The van der Waals surface area contributed by atoms with E-state index >= 15 is 0 Å². The normalized spacial score (nSPS) is 9.95. The number of hydrogen-bond donors (Lipinski definition) is 1. The van der Waals surface area contributed by atoms with Crippen molar-refractivity contribution in [2.45, 2.75) is 20.1 Å². The van der Waals surface area contributed by atoms with E-state index in [4.69, 9.17) is 21.1 Å². The molecule has 2 aromatic rings. The first-order valence-electron chi connectivity index (χ1n) is 6.97. The molecule has 0 aliphatic rings. The number of hydrogen-bond acceptors (Lipinski definition) is 3. The van der Waals surface area contributed by atoms with Crippen molar-refractivity contribution >= 4 is 24.0 Å². The average Bonchev–Trinajstić information content (AvgIpc) is 2.52. The van der Waals surface area contributed by atoms with Crippen molar-refractivity contribution in [3.63, 3.8) is 0 Å². The highest BCUT2D eigenvalue weighted by atomic mass is 35.5. The van der Waals surface area contributed by atoms with E-state index < -0.39 is 0 Å². The van der Waals surface area contributed by atoms with Crippen LogP contribution < -0.4 is 14.8 Å². The summed E-state index contributed by atoms with van der Waals surface area (Å²) in [5, 5.41) is 4.02. The predicted octanol–water partition coefficient (Wildman–Crippen LogP) is 4.46. The number of methoxy groups -OCH3 is 1. The highest BCUT2D eigenvalue weighted by molar-refractivity contribution is 6.30. The average molecular weight is 342 g/mol. The zero-order valence-corrected chi connectivity index (χ0v) is 14.3. The molecule has 0 heterocycles. The molecule has 120 valence electrons. The van der Waals surface area contributed by atoms with Gasteiger partial charge in [0.2, 0.25) is 0 Å². The van der Waals surface area contributed by atoms with Gasteiger partial charge in [-0.3, -0.25) is 0 Å². The second kappa shape index (κ2) is 9.57. The van der Waals surface area contributed by atoms with Crippen LogP contribution in [0.15, 0.2) is 42.5 Å². The van der Waals surface area contributed by atoms with E-state index in [2.05, 4.69) is 12.2 Å². The van der Waals surface area contributed by atoms with Crippen LogP contribution in [0.2, 0.25) is 5.02 Å². The van der Waals surface area contributed by atoms with Crippen LogP contribution in [0.3, 0.4) is 0 Å². The Kier molecular flexibility index (Phi) is 8.10. The number of halogens is 2. The van der Waals surface area contributed by atoms with E-state index in [0.29, 0.717) is 6.61 Å². The molecule has 0 radical (unpaired) electrons. The van der Waals surface area contributed by atoms with Crippen LogP contribution in [0.5, 0.6) is 11.5 Å². The number of ether oxygens (including phenoxy) is 2. The Hall–Kier alpha value is -1.42. The van der Waals surface area contributed by atoms with Gasteiger partial charge in [-0.15, -0.1) is 12.4 Å². The Labute approximate surface area is 143 Å².